The number of allylic oxidation sites excluding steroid dienone is 2. The van der Waals surface area contributed by atoms with Crippen molar-refractivity contribution >= 4 is 0 Å². The molecule has 0 radical (unpaired) electrons. The average molecular weight is 170 g/mol. The van der Waals surface area contributed by atoms with Crippen LogP contribution in [-0.4, -0.2) is 19.1 Å². The summed E-state index contributed by atoms with van der Waals surface area (Å²) in [5.41, 5.74) is 5.32. The smallest absolute Gasteiger partial charge is 0.0292 e. The number of nitrogens with two attached hydrogens (primary N) is 1. The highest BCUT2D eigenvalue weighted by Gasteiger charge is 2.08. The summed E-state index contributed by atoms with van der Waals surface area (Å²) in [5.74, 6) is 0.855. The molecule has 12 heavy (non-hydrogen) atoms. The van der Waals surface area contributed by atoms with Gasteiger partial charge in [-0.2, -0.15) is 0 Å². The third kappa shape index (κ3) is 3.88. The molecule has 0 aromatic carbocycles. The molecule has 1 saturated heterocycles. The van der Waals surface area contributed by atoms with E-state index >= 15 is 0 Å². The molecule has 1 aliphatic heterocycles. The molecule has 2 nitrogen and oxygen atoms in total. The second-order valence-corrected chi connectivity index (χ2v) is 3.75. The lowest BCUT2D eigenvalue weighted by molar-refractivity contribution is 0.445. The van der Waals surface area contributed by atoms with Gasteiger partial charge in [0.15, 0.2) is 0 Å². The summed E-state index contributed by atoms with van der Waals surface area (Å²) in [4.78, 5) is 0. The lowest BCUT2D eigenvalue weighted by Crippen LogP contribution is -2.52. The van der Waals surface area contributed by atoms with E-state index in [4.69, 9.17) is 5.73 Å². The second-order valence-electron chi connectivity index (χ2n) is 3.75. The zero-order chi connectivity index (χ0) is 8.81. The molecule has 1 aliphatic carbocycles. The zero-order valence-electron chi connectivity index (χ0n) is 7.92. The maximum atomic E-state index is 5.32. The Morgan fingerprint density at radius 3 is 2.33 bits per heavy atom. The van der Waals surface area contributed by atoms with Crippen molar-refractivity contribution in [1.29, 1.82) is 0 Å². The van der Waals surface area contributed by atoms with Gasteiger partial charge in [-0.1, -0.05) is 19.1 Å². The van der Waals surface area contributed by atoms with E-state index in [1.807, 2.05) is 0 Å². The molecule has 1 atom stereocenters. The largest absolute Gasteiger partial charge is 0.326 e. The molecule has 0 aromatic rings. The van der Waals surface area contributed by atoms with Crippen LogP contribution in [0.15, 0.2) is 12.2 Å². The van der Waals surface area contributed by atoms with Gasteiger partial charge < -0.3 is 11.1 Å². The highest BCUT2D eigenvalue weighted by atomic mass is 15.0. The Labute approximate surface area is 76.7 Å². The van der Waals surface area contributed by atoms with E-state index in [2.05, 4.69) is 24.4 Å². The Bertz CT molecular complexity index is 144. The Balaban J connectivity index is 0.000000215. The summed E-state index contributed by atoms with van der Waals surface area (Å²) < 4.78 is 0. The first-order valence-electron chi connectivity index (χ1n) is 4.92. The molecule has 0 saturated carbocycles. The quantitative estimate of drug-likeness (QED) is 0.541. The van der Waals surface area contributed by atoms with Crippen molar-refractivity contribution in [2.45, 2.75) is 32.2 Å². The maximum absolute atomic E-state index is 5.32. The molecular formula is C10H22N2. The standard InChI is InChI=1S/C7H12.C3H8N2.H2/c1-7-5-3-2-4-6-7;4-3-1-5-2-3;/h3,5,7H,2,4,6H2,1H3;3,5H,1-2,4H2;1H. The van der Waals surface area contributed by atoms with E-state index in [-0.39, 0.29) is 1.43 Å². The van der Waals surface area contributed by atoms with Gasteiger partial charge in [0.2, 0.25) is 0 Å². The molecule has 0 spiro atoms. The van der Waals surface area contributed by atoms with Crippen LogP contribution in [0.1, 0.15) is 27.6 Å². The lowest BCUT2D eigenvalue weighted by atomic mass is 9.98. The molecule has 2 heteroatoms. The van der Waals surface area contributed by atoms with Crippen LogP contribution in [0.4, 0.5) is 0 Å². The van der Waals surface area contributed by atoms with Gasteiger partial charge in [0.25, 0.3) is 0 Å². The molecule has 0 amide bonds. The highest BCUT2D eigenvalue weighted by molar-refractivity contribution is 4.90. The molecule has 72 valence electrons. The predicted molar refractivity (Wildman–Crippen MR) is 55.1 cm³/mol. The predicted octanol–water partition coefficient (Wildman–Crippen LogP) is 1.53. The molecule has 0 bridgehead atoms. The van der Waals surface area contributed by atoms with Gasteiger partial charge in [-0.15, -0.1) is 0 Å². The van der Waals surface area contributed by atoms with Gasteiger partial charge in [0.05, 0.1) is 0 Å². The molecule has 0 aromatic heterocycles. The normalized spacial score (nSPS) is 28.7. The molecular weight excluding hydrogens is 148 g/mol. The molecule has 3 N–H and O–H groups in total. The van der Waals surface area contributed by atoms with Crippen molar-refractivity contribution in [3.63, 3.8) is 0 Å². The van der Waals surface area contributed by atoms with Gasteiger partial charge in [0, 0.05) is 20.6 Å². The maximum Gasteiger partial charge on any atom is 0.0292 e. The summed E-state index contributed by atoms with van der Waals surface area (Å²) in [6.07, 6.45) is 8.70. The Morgan fingerprint density at radius 2 is 2.17 bits per heavy atom. The molecule has 2 rings (SSSR count). The van der Waals surface area contributed by atoms with Crippen LogP contribution in [0.5, 0.6) is 0 Å². The first-order chi connectivity index (χ1) is 5.79. The summed E-state index contributed by atoms with van der Waals surface area (Å²) in [6.45, 7) is 4.30. The molecule has 1 heterocycles. The minimum Gasteiger partial charge on any atom is -0.326 e. The average Bonchev–Trinajstić information content (AvgIpc) is 2.04. The fourth-order valence-electron chi connectivity index (χ4n) is 1.29. The summed E-state index contributed by atoms with van der Waals surface area (Å²) in [7, 11) is 0. The molecule has 1 fully saturated rings. The Hall–Kier alpha value is -0.340. The zero-order valence-corrected chi connectivity index (χ0v) is 7.92. The SMILES string of the molecule is CC1C=CCCC1.NC1CNC1.[HH]. The van der Waals surface area contributed by atoms with E-state index in [1.54, 1.807) is 0 Å². The Morgan fingerprint density at radius 1 is 1.50 bits per heavy atom. The van der Waals surface area contributed by atoms with Crippen molar-refractivity contribution in [1.82, 2.24) is 5.32 Å². The fraction of sp³-hybridized carbons (Fsp3) is 0.800. The number of rotatable bonds is 0. The van der Waals surface area contributed by atoms with Gasteiger partial charge >= 0.3 is 0 Å². The third-order valence-corrected chi connectivity index (χ3v) is 2.31. The van der Waals surface area contributed by atoms with Crippen LogP contribution in [-0.2, 0) is 0 Å². The first kappa shape index (κ1) is 9.75. The monoisotopic (exact) mass is 170 g/mol. The van der Waals surface area contributed by atoms with E-state index < -0.39 is 0 Å². The van der Waals surface area contributed by atoms with Gasteiger partial charge in [-0.25, -0.2) is 0 Å². The molecule has 1 unspecified atom stereocenters. The first-order valence-corrected chi connectivity index (χ1v) is 4.92. The van der Waals surface area contributed by atoms with Crippen LogP contribution in [0.2, 0.25) is 0 Å². The second kappa shape index (κ2) is 5.33. The topological polar surface area (TPSA) is 38.0 Å². The van der Waals surface area contributed by atoms with Crippen molar-refractivity contribution in [3.8, 4) is 0 Å². The van der Waals surface area contributed by atoms with Crippen LogP contribution in [0.3, 0.4) is 0 Å². The number of hydrogen-bond acceptors (Lipinski definition) is 2. The minimum atomic E-state index is 0. The van der Waals surface area contributed by atoms with Crippen molar-refractivity contribution < 1.29 is 1.43 Å². The summed E-state index contributed by atoms with van der Waals surface area (Å²) in [6, 6.07) is 0.454. The van der Waals surface area contributed by atoms with Gasteiger partial charge in [-0.05, 0) is 25.2 Å². The minimum absolute atomic E-state index is 0. The van der Waals surface area contributed by atoms with E-state index in [0.29, 0.717) is 6.04 Å². The Kier molecular flexibility index (Phi) is 4.33. The molecule has 2 aliphatic rings. The van der Waals surface area contributed by atoms with E-state index in [1.165, 1.54) is 19.3 Å². The van der Waals surface area contributed by atoms with Crippen molar-refractivity contribution in [3.05, 3.63) is 12.2 Å². The lowest BCUT2D eigenvalue weighted by Gasteiger charge is -2.21. The number of nitrogens with one attached hydrogen (secondary N) is 1. The van der Waals surface area contributed by atoms with E-state index in [0.717, 1.165) is 19.0 Å². The van der Waals surface area contributed by atoms with Crippen LogP contribution in [0.25, 0.3) is 0 Å². The van der Waals surface area contributed by atoms with Gasteiger partial charge in [-0.3, -0.25) is 0 Å². The summed E-state index contributed by atoms with van der Waals surface area (Å²) >= 11 is 0. The highest BCUT2D eigenvalue weighted by Crippen LogP contribution is 2.14. The van der Waals surface area contributed by atoms with E-state index in [9.17, 15) is 0 Å². The number of hydrogen-bond donors (Lipinski definition) is 2. The third-order valence-electron chi connectivity index (χ3n) is 2.31. The van der Waals surface area contributed by atoms with Crippen molar-refractivity contribution in [2.75, 3.05) is 13.1 Å². The van der Waals surface area contributed by atoms with Crippen LogP contribution < -0.4 is 11.1 Å². The summed E-state index contributed by atoms with van der Waals surface area (Å²) in [5, 5.41) is 3.04. The van der Waals surface area contributed by atoms with Crippen LogP contribution in [0, 0.1) is 5.92 Å². The fourth-order valence-corrected chi connectivity index (χ4v) is 1.29. The van der Waals surface area contributed by atoms with Gasteiger partial charge in [0.1, 0.15) is 0 Å². The van der Waals surface area contributed by atoms with Crippen molar-refractivity contribution in [2.24, 2.45) is 11.7 Å². The van der Waals surface area contributed by atoms with Crippen LogP contribution >= 0.6 is 0 Å².